The van der Waals surface area contributed by atoms with Crippen molar-refractivity contribution < 1.29 is 4.39 Å². The molecule has 0 fully saturated rings. The number of hydrogen-bond acceptors (Lipinski definition) is 0. The molecule has 0 bridgehead atoms. The van der Waals surface area contributed by atoms with Crippen molar-refractivity contribution in [3.05, 3.63) is 35.1 Å². The minimum atomic E-state index is -0.293. The minimum absolute atomic E-state index is 0.230. The monoisotopic (exact) mass is 182 g/mol. The number of hydrogen-bond donors (Lipinski definition) is 0. The molecule has 0 radical (unpaired) electrons. The summed E-state index contributed by atoms with van der Waals surface area (Å²) in [6.45, 7) is 1.89. The Labute approximate surface area is 76.4 Å². The molecule has 12 heavy (non-hydrogen) atoms. The summed E-state index contributed by atoms with van der Waals surface area (Å²) in [5, 5.41) is 0. The highest BCUT2D eigenvalue weighted by atomic mass is 35.5. The lowest BCUT2D eigenvalue weighted by molar-refractivity contribution is 0.624. The van der Waals surface area contributed by atoms with Gasteiger partial charge < -0.3 is 0 Å². The van der Waals surface area contributed by atoms with Gasteiger partial charge in [0, 0.05) is 0 Å². The van der Waals surface area contributed by atoms with E-state index in [9.17, 15) is 4.39 Å². The Morgan fingerprint density at radius 3 is 2.92 bits per heavy atom. The average Bonchev–Trinajstić information content (AvgIpc) is 2.07. The molecule has 0 atom stereocenters. The van der Waals surface area contributed by atoms with Gasteiger partial charge in [-0.25, -0.2) is 4.39 Å². The third kappa shape index (κ3) is 2.25. The SMILES string of the molecule is Cc1ccc(F)c(C#CCCl)c1. The second-order valence-electron chi connectivity index (χ2n) is 2.42. The Kier molecular flexibility index (Phi) is 3.13. The molecule has 0 heterocycles. The predicted octanol–water partition coefficient (Wildman–Crippen LogP) is 2.72. The van der Waals surface area contributed by atoms with Crippen molar-refractivity contribution in [1.29, 1.82) is 0 Å². The molecule has 0 unspecified atom stereocenters. The molecule has 2 heteroatoms. The number of benzene rings is 1. The van der Waals surface area contributed by atoms with Crippen LogP contribution >= 0.6 is 11.6 Å². The summed E-state index contributed by atoms with van der Waals surface area (Å²) in [7, 11) is 0. The van der Waals surface area contributed by atoms with Crippen LogP contribution in [0.3, 0.4) is 0 Å². The fourth-order valence-electron chi connectivity index (χ4n) is 0.864. The van der Waals surface area contributed by atoms with E-state index in [2.05, 4.69) is 11.8 Å². The second-order valence-corrected chi connectivity index (χ2v) is 2.69. The third-order valence-electron chi connectivity index (χ3n) is 1.41. The number of halogens is 2. The van der Waals surface area contributed by atoms with Crippen LogP contribution in [0.15, 0.2) is 18.2 Å². The molecule has 0 aromatic heterocycles. The maximum absolute atomic E-state index is 12.9. The molecule has 0 saturated carbocycles. The highest BCUT2D eigenvalue weighted by Gasteiger charge is 1.96. The summed E-state index contributed by atoms with van der Waals surface area (Å²) in [4.78, 5) is 0. The van der Waals surface area contributed by atoms with Crippen LogP contribution in [0.1, 0.15) is 11.1 Å². The van der Waals surface area contributed by atoms with E-state index in [1.165, 1.54) is 6.07 Å². The summed E-state index contributed by atoms with van der Waals surface area (Å²) in [6.07, 6.45) is 0. The molecular formula is C10H8ClF. The molecule has 0 aliphatic carbocycles. The summed E-state index contributed by atoms with van der Waals surface area (Å²) >= 11 is 5.35. The molecule has 1 aromatic rings. The average molecular weight is 183 g/mol. The van der Waals surface area contributed by atoms with Crippen LogP contribution in [0.4, 0.5) is 4.39 Å². The first kappa shape index (κ1) is 9.09. The van der Waals surface area contributed by atoms with Crippen LogP contribution in [0.5, 0.6) is 0 Å². The van der Waals surface area contributed by atoms with E-state index in [0.717, 1.165) is 5.56 Å². The molecular weight excluding hydrogens is 175 g/mol. The lowest BCUT2D eigenvalue weighted by Crippen LogP contribution is -1.84. The van der Waals surface area contributed by atoms with Crippen LogP contribution in [0.25, 0.3) is 0 Å². The fourth-order valence-corrected chi connectivity index (χ4v) is 0.930. The van der Waals surface area contributed by atoms with Crippen LogP contribution < -0.4 is 0 Å². The molecule has 0 N–H and O–H groups in total. The maximum atomic E-state index is 12.9. The highest BCUT2D eigenvalue weighted by molar-refractivity contribution is 6.19. The Morgan fingerprint density at radius 2 is 2.25 bits per heavy atom. The second kappa shape index (κ2) is 4.13. The van der Waals surface area contributed by atoms with Gasteiger partial charge in [0.2, 0.25) is 0 Å². The molecule has 0 amide bonds. The largest absolute Gasteiger partial charge is 0.206 e. The van der Waals surface area contributed by atoms with Crippen molar-refractivity contribution in [3.8, 4) is 11.8 Å². The summed E-state index contributed by atoms with van der Waals surface area (Å²) < 4.78 is 12.9. The molecule has 0 nitrogen and oxygen atoms in total. The molecule has 62 valence electrons. The first-order valence-electron chi connectivity index (χ1n) is 3.55. The van der Waals surface area contributed by atoms with Gasteiger partial charge in [-0.05, 0) is 24.6 Å². The van der Waals surface area contributed by atoms with Crippen molar-refractivity contribution in [2.24, 2.45) is 0 Å². The molecule has 0 spiro atoms. The van der Waals surface area contributed by atoms with Crippen LogP contribution in [-0.4, -0.2) is 5.88 Å². The van der Waals surface area contributed by atoms with Gasteiger partial charge in [-0.1, -0.05) is 17.9 Å². The zero-order valence-corrected chi connectivity index (χ0v) is 7.45. The van der Waals surface area contributed by atoms with E-state index in [1.54, 1.807) is 12.1 Å². The van der Waals surface area contributed by atoms with Gasteiger partial charge in [0.1, 0.15) is 5.82 Å². The van der Waals surface area contributed by atoms with Crippen molar-refractivity contribution in [2.45, 2.75) is 6.92 Å². The first-order valence-corrected chi connectivity index (χ1v) is 4.08. The van der Waals surface area contributed by atoms with Gasteiger partial charge in [0.15, 0.2) is 0 Å². The number of rotatable bonds is 0. The summed E-state index contributed by atoms with van der Waals surface area (Å²) in [5.74, 6) is 5.19. The van der Waals surface area contributed by atoms with Gasteiger partial charge in [0.25, 0.3) is 0 Å². The Hall–Kier alpha value is -1.00. The minimum Gasteiger partial charge on any atom is -0.206 e. The zero-order valence-electron chi connectivity index (χ0n) is 6.70. The van der Waals surface area contributed by atoms with E-state index < -0.39 is 0 Å². The lowest BCUT2D eigenvalue weighted by Gasteiger charge is -1.95. The smallest absolute Gasteiger partial charge is 0.138 e. The van der Waals surface area contributed by atoms with Crippen LogP contribution in [0.2, 0.25) is 0 Å². The van der Waals surface area contributed by atoms with Gasteiger partial charge in [-0.2, -0.15) is 0 Å². The molecule has 1 rings (SSSR count). The number of alkyl halides is 1. The van der Waals surface area contributed by atoms with Gasteiger partial charge in [-0.15, -0.1) is 11.6 Å². The van der Waals surface area contributed by atoms with E-state index in [4.69, 9.17) is 11.6 Å². The molecule has 0 aliphatic heterocycles. The Morgan fingerprint density at radius 1 is 1.50 bits per heavy atom. The molecule has 1 aromatic carbocycles. The molecule has 0 saturated heterocycles. The fraction of sp³-hybridized carbons (Fsp3) is 0.200. The normalized spacial score (nSPS) is 8.92. The topological polar surface area (TPSA) is 0 Å². The van der Waals surface area contributed by atoms with E-state index in [0.29, 0.717) is 5.56 Å². The van der Waals surface area contributed by atoms with Gasteiger partial charge in [-0.3, -0.25) is 0 Å². The zero-order chi connectivity index (χ0) is 8.97. The predicted molar refractivity (Wildman–Crippen MR) is 48.7 cm³/mol. The summed E-state index contributed by atoms with van der Waals surface area (Å²) in [6, 6.07) is 4.82. The third-order valence-corrected chi connectivity index (χ3v) is 1.55. The number of aryl methyl sites for hydroxylation is 1. The summed E-state index contributed by atoms with van der Waals surface area (Å²) in [5.41, 5.74) is 1.41. The Balaban J connectivity index is 3.05. The standard InChI is InChI=1S/C10H8ClF/c1-8-4-5-10(12)9(7-8)3-2-6-11/h4-5,7H,6H2,1H3. The van der Waals surface area contributed by atoms with Crippen molar-refractivity contribution in [2.75, 3.05) is 5.88 Å². The van der Waals surface area contributed by atoms with E-state index in [1.807, 2.05) is 6.92 Å². The van der Waals surface area contributed by atoms with E-state index in [-0.39, 0.29) is 11.7 Å². The van der Waals surface area contributed by atoms with Crippen molar-refractivity contribution in [1.82, 2.24) is 0 Å². The maximum Gasteiger partial charge on any atom is 0.138 e. The molecule has 0 aliphatic rings. The van der Waals surface area contributed by atoms with Crippen LogP contribution in [-0.2, 0) is 0 Å². The Bertz CT molecular complexity index is 333. The lowest BCUT2D eigenvalue weighted by atomic mass is 10.1. The first-order chi connectivity index (χ1) is 5.74. The van der Waals surface area contributed by atoms with Crippen LogP contribution in [0, 0.1) is 24.6 Å². The van der Waals surface area contributed by atoms with Crippen molar-refractivity contribution in [3.63, 3.8) is 0 Å². The van der Waals surface area contributed by atoms with Gasteiger partial charge in [0.05, 0.1) is 11.4 Å². The quantitative estimate of drug-likeness (QED) is 0.428. The van der Waals surface area contributed by atoms with E-state index >= 15 is 0 Å². The van der Waals surface area contributed by atoms with Crippen molar-refractivity contribution >= 4 is 11.6 Å². The highest BCUT2D eigenvalue weighted by Crippen LogP contribution is 2.07. The van der Waals surface area contributed by atoms with Gasteiger partial charge >= 0.3 is 0 Å².